The molecule has 2 heterocycles. The second-order valence-corrected chi connectivity index (χ2v) is 5.67. The Morgan fingerprint density at radius 1 is 1.30 bits per heavy atom. The van der Waals surface area contributed by atoms with Crippen LogP contribution in [0.3, 0.4) is 0 Å². The molecule has 0 bridgehead atoms. The monoisotopic (exact) mass is 328 g/mol. The molecule has 0 fully saturated rings. The third-order valence-electron chi connectivity index (χ3n) is 3.74. The van der Waals surface area contributed by atoms with Gasteiger partial charge in [-0.15, -0.1) is 0 Å². The van der Waals surface area contributed by atoms with Gasteiger partial charge in [0.2, 0.25) is 0 Å². The number of ketones is 1. The van der Waals surface area contributed by atoms with Gasteiger partial charge in [-0.25, -0.2) is 0 Å². The fourth-order valence-electron chi connectivity index (χ4n) is 2.62. The molecule has 1 unspecified atom stereocenters. The summed E-state index contributed by atoms with van der Waals surface area (Å²) >= 11 is 6.00. The van der Waals surface area contributed by atoms with Crippen molar-refractivity contribution in [1.82, 2.24) is 9.97 Å². The number of nitrogens with one attached hydrogen (secondary N) is 1. The SMILES string of the molecule is Cc1cccnc1C(=O)C(C(=O)O)c1c[nH]c2ccc(Cl)cc12. The minimum Gasteiger partial charge on any atom is -0.480 e. The van der Waals surface area contributed by atoms with Crippen molar-refractivity contribution in [2.75, 3.05) is 0 Å². The molecule has 0 spiro atoms. The van der Waals surface area contributed by atoms with Gasteiger partial charge in [0.1, 0.15) is 11.6 Å². The van der Waals surface area contributed by atoms with E-state index in [1.54, 1.807) is 37.3 Å². The van der Waals surface area contributed by atoms with Gasteiger partial charge in [-0.05, 0) is 42.3 Å². The zero-order valence-electron chi connectivity index (χ0n) is 12.2. The second kappa shape index (κ2) is 5.85. The molecule has 0 amide bonds. The predicted molar refractivity (Wildman–Crippen MR) is 87.0 cm³/mol. The van der Waals surface area contributed by atoms with E-state index in [0.29, 0.717) is 21.5 Å². The van der Waals surface area contributed by atoms with Gasteiger partial charge in [-0.1, -0.05) is 17.7 Å². The van der Waals surface area contributed by atoms with Crippen molar-refractivity contribution in [1.29, 1.82) is 0 Å². The molecule has 1 aromatic carbocycles. The summed E-state index contributed by atoms with van der Waals surface area (Å²) in [4.78, 5) is 31.5. The molecule has 0 saturated heterocycles. The Morgan fingerprint density at radius 2 is 2.09 bits per heavy atom. The summed E-state index contributed by atoms with van der Waals surface area (Å²) in [5.74, 6) is -3.10. The van der Waals surface area contributed by atoms with Gasteiger partial charge in [-0.2, -0.15) is 0 Å². The van der Waals surface area contributed by atoms with Crippen molar-refractivity contribution in [3.05, 3.63) is 64.6 Å². The summed E-state index contributed by atoms with van der Waals surface area (Å²) in [5, 5.41) is 10.7. The van der Waals surface area contributed by atoms with Crippen LogP contribution in [-0.4, -0.2) is 26.8 Å². The fraction of sp³-hybridized carbons (Fsp3) is 0.118. The number of nitrogens with zero attached hydrogens (tertiary/aromatic N) is 1. The van der Waals surface area contributed by atoms with Gasteiger partial charge < -0.3 is 10.1 Å². The molecule has 3 aromatic rings. The molecule has 3 rings (SSSR count). The van der Waals surface area contributed by atoms with Crippen molar-refractivity contribution < 1.29 is 14.7 Å². The van der Waals surface area contributed by atoms with Crippen LogP contribution in [-0.2, 0) is 4.79 Å². The number of hydrogen-bond acceptors (Lipinski definition) is 3. The Morgan fingerprint density at radius 3 is 2.78 bits per heavy atom. The third-order valence-corrected chi connectivity index (χ3v) is 3.97. The number of carboxylic acid groups (broad SMARTS) is 1. The van der Waals surface area contributed by atoms with E-state index in [9.17, 15) is 14.7 Å². The molecule has 0 aliphatic heterocycles. The van der Waals surface area contributed by atoms with E-state index in [0.717, 1.165) is 5.52 Å². The van der Waals surface area contributed by atoms with Crippen LogP contribution in [0.2, 0.25) is 5.02 Å². The van der Waals surface area contributed by atoms with Crippen LogP contribution in [0.15, 0.2) is 42.7 Å². The number of aromatic nitrogens is 2. The van der Waals surface area contributed by atoms with Crippen molar-refractivity contribution in [3.63, 3.8) is 0 Å². The molecule has 0 radical (unpaired) electrons. The Kier molecular flexibility index (Phi) is 3.88. The first-order valence-electron chi connectivity index (χ1n) is 6.94. The molecule has 0 aliphatic rings. The number of Topliss-reactive ketones (excluding diaryl/α,β-unsaturated/α-hetero) is 1. The second-order valence-electron chi connectivity index (χ2n) is 5.24. The van der Waals surface area contributed by atoms with Gasteiger partial charge in [-0.3, -0.25) is 14.6 Å². The van der Waals surface area contributed by atoms with Crippen molar-refractivity contribution in [2.45, 2.75) is 12.8 Å². The van der Waals surface area contributed by atoms with E-state index in [1.807, 2.05) is 0 Å². The molecule has 2 aromatic heterocycles. The number of carbonyl (C=O) groups is 2. The molecule has 0 aliphatic carbocycles. The number of pyridine rings is 1. The smallest absolute Gasteiger partial charge is 0.319 e. The summed E-state index contributed by atoms with van der Waals surface area (Å²) in [6.07, 6.45) is 3.02. The van der Waals surface area contributed by atoms with Crippen molar-refractivity contribution in [2.24, 2.45) is 0 Å². The van der Waals surface area contributed by atoms with Gasteiger partial charge in [0.15, 0.2) is 5.78 Å². The van der Waals surface area contributed by atoms with Crippen LogP contribution in [0.4, 0.5) is 0 Å². The normalized spacial score (nSPS) is 12.3. The number of hydrogen-bond donors (Lipinski definition) is 2. The predicted octanol–water partition coefficient (Wildman–Crippen LogP) is 3.58. The zero-order valence-corrected chi connectivity index (χ0v) is 13.0. The number of fused-ring (bicyclic) bond motifs is 1. The quantitative estimate of drug-likeness (QED) is 0.566. The highest BCUT2D eigenvalue weighted by Gasteiger charge is 2.32. The maximum Gasteiger partial charge on any atom is 0.319 e. The maximum absolute atomic E-state index is 12.7. The number of carboxylic acids is 1. The van der Waals surface area contributed by atoms with E-state index >= 15 is 0 Å². The molecule has 116 valence electrons. The Hall–Kier alpha value is -2.66. The van der Waals surface area contributed by atoms with Crippen LogP contribution in [0.25, 0.3) is 10.9 Å². The van der Waals surface area contributed by atoms with Crippen LogP contribution in [0, 0.1) is 6.92 Å². The summed E-state index contributed by atoms with van der Waals surface area (Å²) < 4.78 is 0. The highest BCUT2D eigenvalue weighted by atomic mass is 35.5. The van der Waals surface area contributed by atoms with Gasteiger partial charge >= 0.3 is 5.97 Å². The van der Waals surface area contributed by atoms with Crippen molar-refractivity contribution in [3.8, 4) is 0 Å². The first-order valence-corrected chi connectivity index (χ1v) is 7.32. The number of aromatic amines is 1. The Labute approximate surface area is 136 Å². The minimum atomic E-state index is -1.34. The Balaban J connectivity index is 2.15. The molecule has 6 heteroatoms. The number of benzene rings is 1. The van der Waals surface area contributed by atoms with Crippen LogP contribution in [0.1, 0.15) is 27.5 Å². The Bertz CT molecular complexity index is 917. The summed E-state index contributed by atoms with van der Waals surface area (Å²) in [6, 6.07) is 8.52. The first-order chi connectivity index (χ1) is 11.0. The standard InChI is InChI=1S/C17H13ClN2O3/c1-9-3-2-6-19-15(9)16(21)14(17(22)23)12-8-20-13-5-4-10(18)7-11(12)13/h2-8,14,20H,1H3,(H,22,23). The van der Waals surface area contributed by atoms with E-state index in [1.165, 1.54) is 12.4 Å². The maximum atomic E-state index is 12.7. The van der Waals surface area contributed by atoms with Crippen molar-refractivity contribution >= 4 is 34.3 Å². The van der Waals surface area contributed by atoms with E-state index in [4.69, 9.17) is 11.6 Å². The lowest BCUT2D eigenvalue weighted by molar-refractivity contribution is -0.137. The van der Waals surface area contributed by atoms with Crippen LogP contribution in [0.5, 0.6) is 0 Å². The number of carbonyl (C=O) groups excluding carboxylic acids is 1. The topological polar surface area (TPSA) is 83.1 Å². The number of aryl methyl sites for hydroxylation is 1. The summed E-state index contributed by atoms with van der Waals surface area (Å²) in [7, 11) is 0. The molecule has 1 atom stereocenters. The van der Waals surface area contributed by atoms with E-state index < -0.39 is 17.7 Å². The van der Waals surface area contributed by atoms with E-state index in [2.05, 4.69) is 9.97 Å². The van der Waals surface area contributed by atoms with Crippen LogP contribution >= 0.6 is 11.6 Å². The van der Waals surface area contributed by atoms with Gasteiger partial charge in [0, 0.05) is 28.3 Å². The largest absolute Gasteiger partial charge is 0.480 e. The third kappa shape index (κ3) is 2.71. The number of aliphatic carboxylic acids is 1. The minimum absolute atomic E-state index is 0.163. The molecule has 2 N–H and O–H groups in total. The molecule has 23 heavy (non-hydrogen) atoms. The summed E-state index contributed by atoms with van der Waals surface area (Å²) in [6.45, 7) is 1.73. The fourth-order valence-corrected chi connectivity index (χ4v) is 2.79. The molecular formula is C17H13ClN2O3. The van der Waals surface area contributed by atoms with E-state index in [-0.39, 0.29) is 5.69 Å². The average Bonchev–Trinajstić information content (AvgIpc) is 2.90. The number of halogens is 1. The highest BCUT2D eigenvalue weighted by Crippen LogP contribution is 2.30. The highest BCUT2D eigenvalue weighted by molar-refractivity contribution is 6.31. The number of rotatable bonds is 4. The van der Waals surface area contributed by atoms with Gasteiger partial charge in [0.25, 0.3) is 0 Å². The first kappa shape index (κ1) is 15.2. The lowest BCUT2D eigenvalue weighted by Crippen LogP contribution is -2.23. The molecule has 5 nitrogen and oxygen atoms in total. The van der Waals surface area contributed by atoms with Crippen LogP contribution < -0.4 is 0 Å². The van der Waals surface area contributed by atoms with Gasteiger partial charge in [0.05, 0.1) is 0 Å². The zero-order chi connectivity index (χ0) is 16.6. The lowest BCUT2D eigenvalue weighted by atomic mass is 9.91. The molecular weight excluding hydrogens is 316 g/mol. The summed E-state index contributed by atoms with van der Waals surface area (Å²) in [5.41, 5.74) is 1.91. The number of H-pyrrole nitrogens is 1. The lowest BCUT2D eigenvalue weighted by Gasteiger charge is -2.12. The average molecular weight is 329 g/mol. The molecule has 0 saturated carbocycles.